The van der Waals surface area contributed by atoms with Crippen molar-refractivity contribution in [2.45, 2.75) is 84.7 Å². The van der Waals surface area contributed by atoms with Crippen LogP contribution in [0, 0.1) is 13.8 Å². The van der Waals surface area contributed by atoms with Gasteiger partial charge in [-0.05, 0) is 20.3 Å². The molecule has 20 heavy (non-hydrogen) atoms. The van der Waals surface area contributed by atoms with Gasteiger partial charge in [-0.1, -0.05) is 58.3 Å². The Labute approximate surface area is 124 Å². The molecule has 0 amide bonds. The number of aliphatic hydroxyl groups is 1. The van der Waals surface area contributed by atoms with Crippen LogP contribution in [0.5, 0.6) is 0 Å². The zero-order valence-corrected chi connectivity index (χ0v) is 13.8. The van der Waals surface area contributed by atoms with Crippen LogP contribution >= 0.6 is 0 Å². The second-order valence-electron chi connectivity index (χ2n) is 5.99. The highest BCUT2D eigenvalue weighted by atomic mass is 16.3. The van der Waals surface area contributed by atoms with Crippen LogP contribution < -0.4 is 0 Å². The van der Waals surface area contributed by atoms with Crippen molar-refractivity contribution in [2.75, 3.05) is 0 Å². The van der Waals surface area contributed by atoms with Gasteiger partial charge >= 0.3 is 0 Å². The minimum absolute atomic E-state index is 0.344. The number of aliphatic hydroxyl groups excluding tert-OH is 1. The van der Waals surface area contributed by atoms with Gasteiger partial charge in [0.25, 0.3) is 0 Å². The van der Waals surface area contributed by atoms with Crippen molar-refractivity contribution in [3.63, 3.8) is 0 Å². The standard InChI is InChI=1S/C17H32N2O/c1-5-6-7-8-9-10-11-12-13-16(20)17-14(2)18-19(4)15(17)3/h16,20H,5-13H2,1-4H3. The summed E-state index contributed by atoms with van der Waals surface area (Å²) in [6, 6.07) is 0. The van der Waals surface area contributed by atoms with E-state index in [1.807, 2.05) is 25.6 Å². The summed E-state index contributed by atoms with van der Waals surface area (Å²) in [6.07, 6.45) is 11.0. The van der Waals surface area contributed by atoms with Gasteiger partial charge in [0.05, 0.1) is 11.8 Å². The van der Waals surface area contributed by atoms with E-state index in [2.05, 4.69) is 12.0 Å². The number of rotatable bonds is 10. The molecule has 0 fully saturated rings. The van der Waals surface area contributed by atoms with E-state index in [1.165, 1.54) is 44.9 Å². The van der Waals surface area contributed by atoms with Crippen LogP contribution in [-0.4, -0.2) is 14.9 Å². The molecule has 0 aliphatic carbocycles. The van der Waals surface area contributed by atoms with Crippen molar-refractivity contribution in [2.24, 2.45) is 7.05 Å². The molecular formula is C17H32N2O. The molecule has 1 atom stereocenters. The molecule has 1 unspecified atom stereocenters. The Bertz CT molecular complexity index is 385. The lowest BCUT2D eigenvalue weighted by molar-refractivity contribution is 0.162. The SMILES string of the molecule is CCCCCCCCCCC(O)c1c(C)nn(C)c1C. The Kier molecular flexibility index (Phi) is 7.90. The van der Waals surface area contributed by atoms with Gasteiger partial charge in [-0.25, -0.2) is 0 Å². The summed E-state index contributed by atoms with van der Waals surface area (Å²) in [7, 11) is 1.94. The topological polar surface area (TPSA) is 38.1 Å². The molecule has 0 aromatic carbocycles. The molecule has 116 valence electrons. The van der Waals surface area contributed by atoms with E-state index in [-0.39, 0.29) is 6.10 Å². The molecule has 0 aliphatic rings. The van der Waals surface area contributed by atoms with Crippen molar-refractivity contribution in [3.8, 4) is 0 Å². The van der Waals surface area contributed by atoms with Gasteiger partial charge < -0.3 is 5.11 Å². The van der Waals surface area contributed by atoms with E-state index >= 15 is 0 Å². The molecule has 0 saturated heterocycles. The zero-order valence-electron chi connectivity index (χ0n) is 13.8. The third-order valence-corrected chi connectivity index (χ3v) is 4.23. The molecule has 1 heterocycles. The van der Waals surface area contributed by atoms with E-state index < -0.39 is 0 Å². The molecule has 0 saturated carbocycles. The highest BCUT2D eigenvalue weighted by Gasteiger charge is 2.17. The molecule has 3 nitrogen and oxygen atoms in total. The largest absolute Gasteiger partial charge is 0.388 e. The van der Waals surface area contributed by atoms with Crippen molar-refractivity contribution in [1.29, 1.82) is 0 Å². The van der Waals surface area contributed by atoms with Gasteiger partial charge in [0.2, 0.25) is 0 Å². The second kappa shape index (κ2) is 9.17. The molecule has 0 radical (unpaired) electrons. The normalized spacial score (nSPS) is 12.8. The maximum Gasteiger partial charge on any atom is 0.0825 e. The number of nitrogens with zero attached hydrogens (tertiary/aromatic N) is 2. The monoisotopic (exact) mass is 280 g/mol. The lowest BCUT2D eigenvalue weighted by Crippen LogP contribution is -2.01. The minimum atomic E-state index is -0.344. The Morgan fingerprint density at radius 3 is 2.05 bits per heavy atom. The van der Waals surface area contributed by atoms with E-state index in [9.17, 15) is 5.11 Å². The average Bonchev–Trinajstić information content (AvgIpc) is 2.66. The molecule has 1 rings (SSSR count). The predicted molar refractivity (Wildman–Crippen MR) is 84.9 cm³/mol. The van der Waals surface area contributed by atoms with Crippen LogP contribution in [0.15, 0.2) is 0 Å². The summed E-state index contributed by atoms with van der Waals surface area (Å²) in [5, 5.41) is 14.7. The third kappa shape index (κ3) is 5.28. The lowest BCUT2D eigenvalue weighted by atomic mass is 10.0. The van der Waals surface area contributed by atoms with Crippen LogP contribution in [0.1, 0.15) is 87.8 Å². The van der Waals surface area contributed by atoms with Crippen LogP contribution in [0.3, 0.4) is 0 Å². The first-order valence-corrected chi connectivity index (χ1v) is 8.26. The predicted octanol–water partition coefficient (Wildman–Crippen LogP) is 4.60. The van der Waals surface area contributed by atoms with Gasteiger partial charge in [-0.3, -0.25) is 4.68 Å². The first-order chi connectivity index (χ1) is 9.57. The zero-order chi connectivity index (χ0) is 15.0. The van der Waals surface area contributed by atoms with Crippen molar-refractivity contribution < 1.29 is 5.11 Å². The molecule has 1 aromatic rings. The maximum atomic E-state index is 10.3. The summed E-state index contributed by atoms with van der Waals surface area (Å²) in [4.78, 5) is 0. The number of aryl methyl sites for hydroxylation is 2. The van der Waals surface area contributed by atoms with Crippen molar-refractivity contribution in [1.82, 2.24) is 9.78 Å². The van der Waals surface area contributed by atoms with E-state index in [4.69, 9.17) is 0 Å². The number of unbranched alkanes of at least 4 members (excludes halogenated alkanes) is 7. The smallest absolute Gasteiger partial charge is 0.0825 e. The fourth-order valence-corrected chi connectivity index (χ4v) is 2.89. The Morgan fingerprint density at radius 2 is 1.55 bits per heavy atom. The Morgan fingerprint density at radius 1 is 1.00 bits per heavy atom. The summed E-state index contributed by atoms with van der Waals surface area (Å²) < 4.78 is 1.86. The lowest BCUT2D eigenvalue weighted by Gasteiger charge is -2.11. The summed E-state index contributed by atoms with van der Waals surface area (Å²) in [5.74, 6) is 0. The highest BCUT2D eigenvalue weighted by Crippen LogP contribution is 2.25. The number of hydrogen-bond acceptors (Lipinski definition) is 2. The van der Waals surface area contributed by atoms with Gasteiger partial charge in [-0.15, -0.1) is 0 Å². The van der Waals surface area contributed by atoms with Gasteiger partial charge in [-0.2, -0.15) is 5.10 Å². The fourth-order valence-electron chi connectivity index (χ4n) is 2.89. The number of hydrogen-bond donors (Lipinski definition) is 1. The maximum absolute atomic E-state index is 10.3. The van der Waals surface area contributed by atoms with Crippen molar-refractivity contribution in [3.05, 3.63) is 17.0 Å². The van der Waals surface area contributed by atoms with Crippen LogP contribution in [0.25, 0.3) is 0 Å². The Hall–Kier alpha value is -0.830. The van der Waals surface area contributed by atoms with Crippen LogP contribution in [-0.2, 0) is 7.05 Å². The molecule has 1 N–H and O–H groups in total. The van der Waals surface area contributed by atoms with E-state index in [0.29, 0.717) is 0 Å². The van der Waals surface area contributed by atoms with Crippen molar-refractivity contribution >= 4 is 0 Å². The Balaban J connectivity index is 2.19. The second-order valence-corrected chi connectivity index (χ2v) is 5.99. The summed E-state index contributed by atoms with van der Waals surface area (Å²) >= 11 is 0. The van der Waals surface area contributed by atoms with Gasteiger partial charge in [0.15, 0.2) is 0 Å². The molecule has 0 bridgehead atoms. The quantitative estimate of drug-likeness (QED) is 0.636. The van der Waals surface area contributed by atoms with Gasteiger partial charge in [0.1, 0.15) is 0 Å². The minimum Gasteiger partial charge on any atom is -0.388 e. The number of aromatic nitrogens is 2. The van der Waals surface area contributed by atoms with Crippen LogP contribution in [0.4, 0.5) is 0 Å². The first-order valence-electron chi connectivity index (χ1n) is 8.26. The van der Waals surface area contributed by atoms with E-state index in [1.54, 1.807) is 0 Å². The molecule has 0 aliphatic heterocycles. The molecule has 1 aromatic heterocycles. The first kappa shape index (κ1) is 17.2. The summed E-state index contributed by atoms with van der Waals surface area (Å²) in [5.41, 5.74) is 3.10. The van der Waals surface area contributed by atoms with Crippen LogP contribution in [0.2, 0.25) is 0 Å². The highest BCUT2D eigenvalue weighted by molar-refractivity contribution is 5.26. The van der Waals surface area contributed by atoms with Gasteiger partial charge in [0, 0.05) is 18.3 Å². The molecule has 0 spiro atoms. The third-order valence-electron chi connectivity index (χ3n) is 4.23. The van der Waals surface area contributed by atoms with E-state index in [0.717, 1.165) is 29.8 Å². The molecule has 3 heteroatoms. The molecular weight excluding hydrogens is 248 g/mol. The fraction of sp³-hybridized carbons (Fsp3) is 0.824. The summed E-state index contributed by atoms with van der Waals surface area (Å²) in [6.45, 7) is 6.27. The average molecular weight is 280 g/mol.